The zero-order valence-electron chi connectivity index (χ0n) is 16.2. The summed E-state index contributed by atoms with van der Waals surface area (Å²) in [5.41, 5.74) is 1.98. The SMILES string of the molecule is CCC(=O)c1ccc(-c2ncccc2S(=O)(=O)Nc2ncc(C)nc2OC)cc1. The number of carbonyl (C=O) groups excluding carboxylic acids is 1. The van der Waals surface area contributed by atoms with E-state index < -0.39 is 10.0 Å². The molecule has 0 unspecified atom stereocenters. The van der Waals surface area contributed by atoms with Crippen molar-refractivity contribution in [2.24, 2.45) is 0 Å². The standard InChI is InChI=1S/C20H20N4O4S/c1-4-16(25)14-7-9-15(10-8-14)18-17(6-5-11-21-18)29(26,27)24-19-20(28-3)23-13(2)12-22-19/h5-12H,4H2,1-3H3,(H,22,24). The molecule has 1 aromatic carbocycles. The van der Waals surface area contributed by atoms with Crippen molar-refractivity contribution in [3.05, 3.63) is 60.0 Å². The van der Waals surface area contributed by atoms with Gasteiger partial charge in [0, 0.05) is 23.7 Å². The molecule has 0 amide bonds. The lowest BCUT2D eigenvalue weighted by molar-refractivity contribution is 0.0988. The van der Waals surface area contributed by atoms with Gasteiger partial charge in [0.1, 0.15) is 4.90 Å². The van der Waals surface area contributed by atoms with E-state index in [-0.39, 0.29) is 28.1 Å². The molecule has 0 aliphatic carbocycles. The van der Waals surface area contributed by atoms with E-state index in [1.807, 2.05) is 0 Å². The van der Waals surface area contributed by atoms with E-state index in [9.17, 15) is 13.2 Å². The van der Waals surface area contributed by atoms with E-state index in [0.29, 0.717) is 23.2 Å². The van der Waals surface area contributed by atoms with Gasteiger partial charge in [-0.2, -0.15) is 0 Å². The quantitative estimate of drug-likeness (QED) is 0.593. The van der Waals surface area contributed by atoms with Crippen LogP contribution in [0.15, 0.2) is 53.7 Å². The molecule has 0 bridgehead atoms. The molecule has 0 atom stereocenters. The Morgan fingerprint density at radius 1 is 1.14 bits per heavy atom. The molecule has 8 nitrogen and oxygen atoms in total. The normalized spacial score (nSPS) is 11.1. The van der Waals surface area contributed by atoms with Crippen molar-refractivity contribution >= 4 is 21.6 Å². The number of nitrogens with zero attached hydrogens (tertiary/aromatic N) is 3. The van der Waals surface area contributed by atoms with E-state index in [1.54, 1.807) is 38.1 Å². The highest BCUT2D eigenvalue weighted by molar-refractivity contribution is 7.92. The van der Waals surface area contributed by atoms with Crippen molar-refractivity contribution in [3.8, 4) is 17.1 Å². The van der Waals surface area contributed by atoms with Gasteiger partial charge in [-0.3, -0.25) is 14.5 Å². The lowest BCUT2D eigenvalue weighted by atomic mass is 10.0. The number of aromatic nitrogens is 3. The fourth-order valence-electron chi connectivity index (χ4n) is 2.69. The molecule has 0 spiro atoms. The molecule has 0 saturated heterocycles. The van der Waals surface area contributed by atoms with Crippen LogP contribution in [0.3, 0.4) is 0 Å². The average Bonchev–Trinajstić information content (AvgIpc) is 2.74. The van der Waals surface area contributed by atoms with E-state index in [1.165, 1.54) is 31.6 Å². The van der Waals surface area contributed by atoms with Gasteiger partial charge >= 0.3 is 0 Å². The fourth-order valence-corrected chi connectivity index (χ4v) is 3.88. The molecule has 3 aromatic rings. The number of methoxy groups -OCH3 is 1. The highest BCUT2D eigenvalue weighted by atomic mass is 32.2. The first-order valence-electron chi connectivity index (χ1n) is 8.84. The number of rotatable bonds is 7. The van der Waals surface area contributed by atoms with Crippen LogP contribution in [0, 0.1) is 6.92 Å². The maximum atomic E-state index is 13.0. The summed E-state index contributed by atoms with van der Waals surface area (Å²) in [5, 5.41) is 0. The lowest BCUT2D eigenvalue weighted by Crippen LogP contribution is -2.16. The first kappa shape index (κ1) is 20.4. The Balaban J connectivity index is 2.01. The summed E-state index contributed by atoms with van der Waals surface area (Å²) in [6.07, 6.45) is 3.34. The molecule has 0 aliphatic heterocycles. The third-order valence-electron chi connectivity index (χ3n) is 4.15. The Labute approximate surface area is 169 Å². The molecule has 2 aromatic heterocycles. The molecule has 0 fully saturated rings. The summed E-state index contributed by atoms with van der Waals surface area (Å²) in [5.74, 6) is 0.0652. The molecule has 9 heteroatoms. The predicted octanol–water partition coefficient (Wildman–Crippen LogP) is 3.25. The van der Waals surface area contributed by atoms with Crippen LogP contribution in [0.1, 0.15) is 29.4 Å². The molecule has 0 radical (unpaired) electrons. The van der Waals surface area contributed by atoms with E-state index in [0.717, 1.165) is 0 Å². The Kier molecular flexibility index (Phi) is 5.88. The van der Waals surface area contributed by atoms with Crippen LogP contribution >= 0.6 is 0 Å². The summed E-state index contributed by atoms with van der Waals surface area (Å²) in [4.78, 5) is 24.2. The van der Waals surface area contributed by atoms with Gasteiger partial charge in [-0.25, -0.2) is 18.4 Å². The summed E-state index contributed by atoms with van der Waals surface area (Å²) < 4.78 is 33.6. The second-order valence-corrected chi connectivity index (χ2v) is 7.83. The zero-order chi connectivity index (χ0) is 21.0. The number of ketones is 1. The molecule has 150 valence electrons. The zero-order valence-corrected chi connectivity index (χ0v) is 17.0. The molecule has 0 aliphatic rings. The monoisotopic (exact) mass is 412 g/mol. The summed E-state index contributed by atoms with van der Waals surface area (Å²) in [6, 6.07) is 9.66. The van der Waals surface area contributed by atoms with Crippen LogP contribution in [-0.4, -0.2) is 36.3 Å². The van der Waals surface area contributed by atoms with E-state index in [4.69, 9.17) is 4.74 Å². The molecule has 0 saturated carbocycles. The molecule has 2 heterocycles. The third kappa shape index (κ3) is 4.40. The number of Topliss-reactive ketones (excluding diaryl/α,β-unsaturated/α-hetero) is 1. The van der Waals surface area contributed by atoms with Gasteiger partial charge < -0.3 is 4.74 Å². The van der Waals surface area contributed by atoms with Crippen molar-refractivity contribution in [2.45, 2.75) is 25.2 Å². The van der Waals surface area contributed by atoms with Crippen LogP contribution < -0.4 is 9.46 Å². The van der Waals surface area contributed by atoms with Gasteiger partial charge in [-0.05, 0) is 19.1 Å². The Bertz CT molecular complexity index is 1150. The summed E-state index contributed by atoms with van der Waals surface area (Å²) in [7, 11) is -2.65. The van der Waals surface area contributed by atoms with Gasteiger partial charge in [0.2, 0.25) is 5.82 Å². The van der Waals surface area contributed by atoms with E-state index in [2.05, 4.69) is 19.7 Å². The number of nitrogens with one attached hydrogen (secondary N) is 1. The number of carbonyl (C=O) groups is 1. The molecule has 3 rings (SSSR count). The minimum atomic E-state index is -4.03. The van der Waals surface area contributed by atoms with Gasteiger partial charge in [0.05, 0.1) is 24.7 Å². The summed E-state index contributed by atoms with van der Waals surface area (Å²) >= 11 is 0. The van der Waals surface area contributed by atoms with Crippen LogP contribution in [0.5, 0.6) is 5.88 Å². The number of hydrogen-bond donors (Lipinski definition) is 1. The molecule has 1 N–H and O–H groups in total. The number of aryl methyl sites for hydroxylation is 1. The van der Waals surface area contributed by atoms with E-state index >= 15 is 0 Å². The number of sulfonamides is 1. The Morgan fingerprint density at radius 2 is 1.86 bits per heavy atom. The lowest BCUT2D eigenvalue weighted by Gasteiger charge is -2.13. The van der Waals surface area contributed by atoms with Crippen molar-refractivity contribution in [1.82, 2.24) is 15.0 Å². The fraction of sp³-hybridized carbons (Fsp3) is 0.200. The number of pyridine rings is 1. The Morgan fingerprint density at radius 3 is 2.52 bits per heavy atom. The van der Waals surface area contributed by atoms with Gasteiger partial charge in [-0.1, -0.05) is 31.2 Å². The minimum absolute atomic E-state index is 0.0112. The highest BCUT2D eigenvalue weighted by Crippen LogP contribution is 2.28. The number of benzene rings is 1. The smallest absolute Gasteiger partial charge is 0.265 e. The number of hydrogen-bond acceptors (Lipinski definition) is 7. The Hall–Kier alpha value is -3.33. The van der Waals surface area contributed by atoms with Gasteiger partial charge in [0.15, 0.2) is 5.78 Å². The number of anilines is 1. The highest BCUT2D eigenvalue weighted by Gasteiger charge is 2.23. The van der Waals surface area contributed by atoms with Crippen LogP contribution in [0.2, 0.25) is 0 Å². The maximum absolute atomic E-state index is 13.0. The van der Waals surface area contributed by atoms with Crippen LogP contribution in [0.4, 0.5) is 5.82 Å². The maximum Gasteiger partial charge on any atom is 0.265 e. The topological polar surface area (TPSA) is 111 Å². The van der Waals surface area contributed by atoms with Crippen molar-refractivity contribution in [1.29, 1.82) is 0 Å². The van der Waals surface area contributed by atoms with Crippen molar-refractivity contribution in [2.75, 3.05) is 11.8 Å². The predicted molar refractivity (Wildman–Crippen MR) is 108 cm³/mol. The first-order valence-corrected chi connectivity index (χ1v) is 10.3. The summed E-state index contributed by atoms with van der Waals surface area (Å²) in [6.45, 7) is 3.51. The first-order chi connectivity index (χ1) is 13.9. The van der Waals surface area contributed by atoms with Gasteiger partial charge in [0.25, 0.3) is 15.9 Å². The minimum Gasteiger partial charge on any atom is -0.478 e. The number of ether oxygens (including phenoxy) is 1. The van der Waals surface area contributed by atoms with Gasteiger partial charge in [-0.15, -0.1) is 0 Å². The van der Waals surface area contributed by atoms with Crippen molar-refractivity contribution < 1.29 is 17.9 Å². The second kappa shape index (κ2) is 8.36. The molecule has 29 heavy (non-hydrogen) atoms. The molecular formula is C20H20N4O4S. The molecular weight excluding hydrogens is 392 g/mol. The van der Waals surface area contributed by atoms with Crippen LogP contribution in [0.25, 0.3) is 11.3 Å². The average molecular weight is 412 g/mol. The van der Waals surface area contributed by atoms with Crippen LogP contribution in [-0.2, 0) is 10.0 Å². The largest absolute Gasteiger partial charge is 0.478 e. The third-order valence-corrected chi connectivity index (χ3v) is 5.52. The second-order valence-electron chi connectivity index (χ2n) is 6.18. The van der Waals surface area contributed by atoms with Crippen molar-refractivity contribution in [3.63, 3.8) is 0 Å².